The number of phosphoric acid groups is 1. The predicted molar refractivity (Wildman–Crippen MR) is 189 cm³/mol. The summed E-state index contributed by atoms with van der Waals surface area (Å²) in [5.41, 5.74) is 5.32. The summed E-state index contributed by atoms with van der Waals surface area (Å²) in [6.45, 7) is 3.72. The number of carbonyl (C=O) groups is 2. The van der Waals surface area contributed by atoms with Gasteiger partial charge in [-0.15, -0.1) is 0 Å². The summed E-state index contributed by atoms with van der Waals surface area (Å²) in [7, 11) is -4.61. The lowest BCUT2D eigenvalue weighted by Gasteiger charge is -2.20. The van der Waals surface area contributed by atoms with Crippen LogP contribution in [0.4, 0.5) is 0 Å². The highest BCUT2D eigenvalue weighted by Gasteiger charge is 2.27. The van der Waals surface area contributed by atoms with Gasteiger partial charge in [-0.2, -0.15) is 0 Å². The Morgan fingerprint density at radius 3 is 1.83 bits per heavy atom. The molecule has 274 valence electrons. The van der Waals surface area contributed by atoms with Gasteiger partial charge in [0.1, 0.15) is 12.1 Å². The molecule has 0 bridgehead atoms. The molecule has 3 unspecified atom stereocenters. The highest BCUT2D eigenvalue weighted by Crippen LogP contribution is 2.43. The van der Waals surface area contributed by atoms with Crippen LogP contribution < -0.4 is 5.73 Å². The standard InChI is InChI=1S/C36H66NO9P/c1-3-5-7-9-11-13-15-17-18-20-22-24-26-28-35(38)46-33(31-44-47(41,42)45-32-34(37)36(39)40)30-43-29-27-25-23-21-19-16-14-12-10-8-6-4-2/h7,9-10,12-13,15,33-34H,3-6,8,11,14,16-32,37H2,1-2H3,(H,39,40)(H,41,42)/b9-7-,12-10-,15-13-. The van der Waals surface area contributed by atoms with Crippen LogP contribution >= 0.6 is 7.82 Å². The SMILES string of the molecule is CCC/C=C\C/C=C\CCCCCCCC(=O)OC(COCCCCCCCC/C=C\CCCC)COP(=O)(O)OCC(N)C(=O)O. The average Bonchev–Trinajstić information content (AvgIpc) is 3.04. The molecular formula is C36H66NO9P. The maximum absolute atomic E-state index is 12.5. The van der Waals surface area contributed by atoms with Crippen LogP contribution in [0.2, 0.25) is 0 Å². The van der Waals surface area contributed by atoms with E-state index >= 15 is 0 Å². The average molecular weight is 688 g/mol. The van der Waals surface area contributed by atoms with Crippen molar-refractivity contribution >= 4 is 19.8 Å². The van der Waals surface area contributed by atoms with Crippen LogP contribution in [0.5, 0.6) is 0 Å². The van der Waals surface area contributed by atoms with E-state index in [1.165, 1.54) is 44.9 Å². The van der Waals surface area contributed by atoms with Crippen molar-refractivity contribution in [2.75, 3.05) is 26.4 Å². The number of ether oxygens (including phenoxy) is 2. The lowest BCUT2D eigenvalue weighted by molar-refractivity contribution is -0.154. The fourth-order valence-corrected chi connectivity index (χ4v) is 5.28. The number of hydrogen-bond donors (Lipinski definition) is 3. The first-order valence-corrected chi connectivity index (χ1v) is 19.5. The van der Waals surface area contributed by atoms with Gasteiger partial charge in [-0.3, -0.25) is 18.6 Å². The number of carboxylic acid groups (broad SMARTS) is 1. The van der Waals surface area contributed by atoms with Crippen LogP contribution in [-0.4, -0.2) is 60.5 Å². The molecule has 0 aliphatic heterocycles. The Bertz CT molecular complexity index is 894. The molecule has 47 heavy (non-hydrogen) atoms. The number of esters is 1. The summed E-state index contributed by atoms with van der Waals surface area (Å²) in [6.07, 6.45) is 33.4. The van der Waals surface area contributed by atoms with E-state index in [9.17, 15) is 19.0 Å². The van der Waals surface area contributed by atoms with Gasteiger partial charge in [-0.25, -0.2) is 4.57 Å². The Labute approximate surface area is 285 Å². The van der Waals surface area contributed by atoms with Gasteiger partial charge in [0.25, 0.3) is 0 Å². The third-order valence-electron chi connectivity index (χ3n) is 7.37. The predicted octanol–water partition coefficient (Wildman–Crippen LogP) is 8.97. The lowest BCUT2D eigenvalue weighted by Crippen LogP contribution is -2.34. The van der Waals surface area contributed by atoms with Gasteiger partial charge in [-0.05, 0) is 57.8 Å². The van der Waals surface area contributed by atoms with Crippen LogP contribution in [0.3, 0.4) is 0 Å². The topological polar surface area (TPSA) is 155 Å². The number of aliphatic carboxylic acids is 1. The third-order valence-corrected chi connectivity index (χ3v) is 8.32. The minimum absolute atomic E-state index is 0.00661. The Morgan fingerprint density at radius 2 is 1.21 bits per heavy atom. The van der Waals surface area contributed by atoms with E-state index in [-0.39, 0.29) is 13.0 Å². The van der Waals surface area contributed by atoms with E-state index in [1.54, 1.807) is 0 Å². The van der Waals surface area contributed by atoms with E-state index in [2.05, 4.69) is 54.8 Å². The highest BCUT2D eigenvalue weighted by molar-refractivity contribution is 7.47. The molecule has 0 aromatic rings. The Balaban J connectivity index is 4.38. The minimum Gasteiger partial charge on any atom is -0.480 e. The van der Waals surface area contributed by atoms with Crippen molar-refractivity contribution in [2.24, 2.45) is 5.73 Å². The number of carboxylic acids is 1. The second-order valence-electron chi connectivity index (χ2n) is 12.0. The minimum atomic E-state index is -4.61. The van der Waals surface area contributed by atoms with Crippen molar-refractivity contribution in [3.05, 3.63) is 36.5 Å². The summed E-state index contributed by atoms with van der Waals surface area (Å²) >= 11 is 0. The van der Waals surface area contributed by atoms with Crippen LogP contribution in [-0.2, 0) is 32.7 Å². The molecule has 0 amide bonds. The van der Waals surface area contributed by atoms with Gasteiger partial charge in [0.2, 0.25) is 0 Å². The quantitative estimate of drug-likeness (QED) is 0.0258. The first-order chi connectivity index (χ1) is 22.7. The van der Waals surface area contributed by atoms with Gasteiger partial charge >= 0.3 is 19.8 Å². The van der Waals surface area contributed by atoms with Crippen LogP contribution in [0.15, 0.2) is 36.5 Å². The Morgan fingerprint density at radius 1 is 0.681 bits per heavy atom. The normalized spacial score (nSPS) is 14.6. The molecule has 0 radical (unpaired) electrons. The number of nitrogens with two attached hydrogens (primary N) is 1. The van der Waals surface area contributed by atoms with Crippen molar-refractivity contribution in [1.29, 1.82) is 0 Å². The molecule has 11 heteroatoms. The van der Waals surface area contributed by atoms with Gasteiger partial charge < -0.3 is 25.2 Å². The van der Waals surface area contributed by atoms with E-state index in [0.29, 0.717) is 13.0 Å². The van der Waals surface area contributed by atoms with Crippen LogP contribution in [0.25, 0.3) is 0 Å². The Hall–Kier alpha value is -1.81. The van der Waals surface area contributed by atoms with E-state index in [0.717, 1.165) is 70.6 Å². The molecule has 10 nitrogen and oxygen atoms in total. The second-order valence-corrected chi connectivity index (χ2v) is 13.4. The van der Waals surface area contributed by atoms with Gasteiger partial charge in [0.05, 0.1) is 19.8 Å². The van der Waals surface area contributed by atoms with Gasteiger partial charge in [0, 0.05) is 13.0 Å². The van der Waals surface area contributed by atoms with Crippen molar-refractivity contribution in [3.8, 4) is 0 Å². The molecule has 0 saturated heterocycles. The highest BCUT2D eigenvalue weighted by atomic mass is 31.2. The summed E-state index contributed by atoms with van der Waals surface area (Å²) in [4.78, 5) is 33.3. The van der Waals surface area contributed by atoms with Crippen molar-refractivity contribution in [1.82, 2.24) is 0 Å². The fraction of sp³-hybridized carbons (Fsp3) is 0.778. The summed E-state index contributed by atoms with van der Waals surface area (Å²) in [5.74, 6) is -1.80. The molecule has 0 heterocycles. The molecule has 0 aliphatic rings. The number of unbranched alkanes of at least 4 members (excludes halogenated alkanes) is 14. The maximum atomic E-state index is 12.5. The largest absolute Gasteiger partial charge is 0.480 e. The number of allylic oxidation sites excluding steroid dienone is 6. The molecule has 0 fully saturated rings. The first-order valence-electron chi connectivity index (χ1n) is 18.0. The van der Waals surface area contributed by atoms with Crippen LogP contribution in [0, 0.1) is 0 Å². The third kappa shape index (κ3) is 32.5. The van der Waals surface area contributed by atoms with E-state index < -0.39 is 45.1 Å². The second kappa shape index (κ2) is 32.7. The summed E-state index contributed by atoms with van der Waals surface area (Å²) < 4.78 is 33.1. The van der Waals surface area contributed by atoms with Crippen LogP contribution in [0.1, 0.15) is 142 Å². The molecule has 0 aromatic carbocycles. The molecule has 0 rings (SSSR count). The number of phosphoric ester groups is 1. The lowest BCUT2D eigenvalue weighted by atomic mass is 10.1. The zero-order valence-electron chi connectivity index (χ0n) is 29.4. The zero-order valence-corrected chi connectivity index (χ0v) is 30.3. The number of rotatable bonds is 34. The molecule has 0 saturated carbocycles. The van der Waals surface area contributed by atoms with E-state index in [1.807, 2.05) is 0 Å². The van der Waals surface area contributed by atoms with Crippen molar-refractivity contribution < 1.29 is 42.7 Å². The molecule has 0 spiro atoms. The molecular weight excluding hydrogens is 621 g/mol. The fourth-order valence-electron chi connectivity index (χ4n) is 4.50. The molecule has 0 aliphatic carbocycles. The molecule has 3 atom stereocenters. The summed E-state index contributed by atoms with van der Waals surface area (Å²) in [5, 5.41) is 8.85. The van der Waals surface area contributed by atoms with Gasteiger partial charge in [-0.1, -0.05) is 115 Å². The monoisotopic (exact) mass is 687 g/mol. The zero-order chi connectivity index (χ0) is 34.9. The number of hydrogen-bond acceptors (Lipinski definition) is 8. The van der Waals surface area contributed by atoms with Gasteiger partial charge in [0.15, 0.2) is 0 Å². The first kappa shape index (κ1) is 45.2. The van der Waals surface area contributed by atoms with Crippen molar-refractivity contribution in [2.45, 2.75) is 154 Å². The van der Waals surface area contributed by atoms with E-state index in [4.69, 9.17) is 24.8 Å². The molecule has 0 aromatic heterocycles. The smallest absolute Gasteiger partial charge is 0.472 e. The summed E-state index contributed by atoms with van der Waals surface area (Å²) in [6, 6.07) is -1.47. The maximum Gasteiger partial charge on any atom is 0.472 e. The number of carbonyl (C=O) groups excluding carboxylic acids is 1. The molecule has 4 N–H and O–H groups in total. The van der Waals surface area contributed by atoms with Crippen molar-refractivity contribution in [3.63, 3.8) is 0 Å². The Kier molecular flexibility index (Phi) is 31.5.